The number of carbonyl (C=O) groups excluding carboxylic acids is 2. The number of imide groups is 1. The van der Waals surface area contributed by atoms with Gasteiger partial charge < -0.3 is 14.5 Å². The molecule has 30 heavy (non-hydrogen) atoms. The molecule has 1 N–H and O–H groups in total. The molecule has 1 aromatic heterocycles. The van der Waals surface area contributed by atoms with Gasteiger partial charge in [0.05, 0.1) is 23.3 Å². The summed E-state index contributed by atoms with van der Waals surface area (Å²) >= 11 is 0. The third-order valence-corrected chi connectivity index (χ3v) is 4.47. The van der Waals surface area contributed by atoms with E-state index in [9.17, 15) is 19.7 Å². The average molecular weight is 405 g/mol. The van der Waals surface area contributed by atoms with E-state index in [-0.39, 0.29) is 17.1 Å². The van der Waals surface area contributed by atoms with Gasteiger partial charge in [0, 0.05) is 18.2 Å². The maximum atomic E-state index is 12.7. The number of furan rings is 1. The molecule has 4 rings (SSSR count). The molecule has 2 heterocycles. The third-order valence-electron chi connectivity index (χ3n) is 4.47. The largest absolute Gasteiger partial charge is 0.496 e. The monoisotopic (exact) mass is 405 g/mol. The van der Waals surface area contributed by atoms with Crippen molar-refractivity contribution in [3.05, 3.63) is 82.2 Å². The zero-order valence-corrected chi connectivity index (χ0v) is 15.7. The smallest absolute Gasteiger partial charge is 0.333 e. The van der Waals surface area contributed by atoms with E-state index in [0.717, 1.165) is 4.90 Å². The van der Waals surface area contributed by atoms with Crippen molar-refractivity contribution in [2.75, 3.05) is 12.0 Å². The number of anilines is 1. The first-order valence-electron chi connectivity index (χ1n) is 8.83. The minimum absolute atomic E-state index is 0.0516. The standard InChI is InChI=1S/C21H15N3O6/c1-29-18-9-7-14(24(27)28)11-16(18)19-10-8-15(30-19)12-17-20(25)23(21(26)22-17)13-5-3-2-4-6-13/h2-12H,1H3,(H,22,26)/b17-12+. The van der Waals surface area contributed by atoms with Crippen LogP contribution in [-0.2, 0) is 4.79 Å². The molecule has 9 heteroatoms. The summed E-state index contributed by atoms with van der Waals surface area (Å²) in [5, 5.41) is 13.6. The SMILES string of the molecule is COc1ccc([N+](=O)[O-])cc1-c1ccc(/C=C2/NC(=O)N(c3ccccc3)C2=O)o1. The van der Waals surface area contributed by atoms with Gasteiger partial charge in [-0.15, -0.1) is 0 Å². The number of urea groups is 1. The van der Waals surface area contributed by atoms with Crippen molar-refractivity contribution in [2.45, 2.75) is 0 Å². The van der Waals surface area contributed by atoms with Crippen molar-refractivity contribution in [3.8, 4) is 17.1 Å². The summed E-state index contributed by atoms with van der Waals surface area (Å²) in [6, 6.07) is 15.3. The lowest BCUT2D eigenvalue weighted by atomic mass is 10.1. The second kappa shape index (κ2) is 7.55. The van der Waals surface area contributed by atoms with Gasteiger partial charge in [0.1, 0.15) is 23.0 Å². The van der Waals surface area contributed by atoms with Crippen LogP contribution in [0.1, 0.15) is 5.76 Å². The lowest BCUT2D eigenvalue weighted by molar-refractivity contribution is -0.384. The molecule has 0 saturated carbocycles. The van der Waals surface area contributed by atoms with Gasteiger partial charge in [0.15, 0.2) is 0 Å². The summed E-state index contributed by atoms with van der Waals surface area (Å²) in [7, 11) is 1.45. The number of rotatable bonds is 5. The van der Waals surface area contributed by atoms with Gasteiger partial charge in [-0.3, -0.25) is 14.9 Å². The van der Waals surface area contributed by atoms with Crippen LogP contribution >= 0.6 is 0 Å². The molecular weight excluding hydrogens is 390 g/mol. The molecule has 1 fully saturated rings. The molecule has 3 amide bonds. The van der Waals surface area contributed by atoms with Crippen molar-refractivity contribution < 1.29 is 23.7 Å². The lowest BCUT2D eigenvalue weighted by Gasteiger charge is -2.10. The molecule has 0 bridgehead atoms. The number of nitrogens with one attached hydrogen (secondary N) is 1. The Kier molecular flexibility index (Phi) is 4.77. The van der Waals surface area contributed by atoms with Gasteiger partial charge in [-0.2, -0.15) is 0 Å². The molecule has 1 saturated heterocycles. The molecule has 9 nitrogen and oxygen atoms in total. The number of nitro benzene ring substituents is 1. The quantitative estimate of drug-likeness (QED) is 0.297. The summed E-state index contributed by atoms with van der Waals surface area (Å²) in [5.41, 5.74) is 0.781. The highest BCUT2D eigenvalue weighted by molar-refractivity contribution is 6.28. The van der Waals surface area contributed by atoms with E-state index in [4.69, 9.17) is 9.15 Å². The highest BCUT2D eigenvalue weighted by atomic mass is 16.6. The first-order chi connectivity index (χ1) is 14.5. The Morgan fingerprint density at radius 1 is 1.10 bits per heavy atom. The summed E-state index contributed by atoms with van der Waals surface area (Å²) in [6.07, 6.45) is 1.40. The van der Waals surface area contributed by atoms with Crippen LogP contribution in [0.2, 0.25) is 0 Å². The highest BCUT2D eigenvalue weighted by Gasteiger charge is 2.35. The van der Waals surface area contributed by atoms with E-state index in [0.29, 0.717) is 22.8 Å². The Bertz CT molecular complexity index is 1180. The van der Waals surface area contributed by atoms with E-state index in [1.54, 1.807) is 42.5 Å². The fourth-order valence-electron chi connectivity index (χ4n) is 3.07. The van der Waals surface area contributed by atoms with Gasteiger partial charge in [-0.05, 0) is 30.3 Å². The van der Waals surface area contributed by atoms with Crippen molar-refractivity contribution in [1.29, 1.82) is 0 Å². The Hall–Kier alpha value is -4.40. The molecule has 0 atom stereocenters. The summed E-state index contributed by atoms with van der Waals surface area (Å²) in [6.45, 7) is 0. The molecule has 0 radical (unpaired) electrons. The van der Waals surface area contributed by atoms with Gasteiger partial charge in [0.25, 0.3) is 11.6 Å². The summed E-state index contributed by atoms with van der Waals surface area (Å²) in [4.78, 5) is 36.5. The number of methoxy groups -OCH3 is 1. The van der Waals surface area contributed by atoms with Crippen LogP contribution in [0.15, 0.2) is 70.8 Å². The molecule has 0 aliphatic carbocycles. The van der Waals surface area contributed by atoms with Crippen LogP contribution in [0.4, 0.5) is 16.2 Å². The lowest BCUT2D eigenvalue weighted by Crippen LogP contribution is -2.30. The van der Waals surface area contributed by atoms with E-state index < -0.39 is 16.9 Å². The Balaban J connectivity index is 1.65. The van der Waals surface area contributed by atoms with Crippen LogP contribution < -0.4 is 15.0 Å². The van der Waals surface area contributed by atoms with Crippen molar-refractivity contribution in [1.82, 2.24) is 5.32 Å². The van der Waals surface area contributed by atoms with Gasteiger partial charge >= 0.3 is 6.03 Å². The number of para-hydroxylation sites is 1. The highest BCUT2D eigenvalue weighted by Crippen LogP contribution is 2.35. The number of nitrogens with zero attached hydrogens (tertiary/aromatic N) is 2. The predicted octanol–water partition coefficient (Wildman–Crippen LogP) is 3.96. The molecular formula is C21H15N3O6. The number of benzene rings is 2. The normalized spacial score (nSPS) is 14.8. The Morgan fingerprint density at radius 3 is 2.57 bits per heavy atom. The Morgan fingerprint density at radius 2 is 1.87 bits per heavy atom. The van der Waals surface area contributed by atoms with Crippen molar-refractivity contribution >= 4 is 29.4 Å². The average Bonchev–Trinajstić information content (AvgIpc) is 3.32. The van der Waals surface area contributed by atoms with Gasteiger partial charge in [-0.25, -0.2) is 9.69 Å². The molecule has 1 aliphatic heterocycles. The van der Waals surface area contributed by atoms with Crippen LogP contribution in [0.5, 0.6) is 5.75 Å². The van der Waals surface area contributed by atoms with E-state index in [2.05, 4.69) is 5.32 Å². The number of amides is 3. The number of nitro groups is 1. The topological polar surface area (TPSA) is 115 Å². The molecule has 2 aromatic carbocycles. The van der Waals surface area contributed by atoms with Gasteiger partial charge in [0.2, 0.25) is 0 Å². The van der Waals surface area contributed by atoms with Crippen LogP contribution in [0.25, 0.3) is 17.4 Å². The molecule has 0 spiro atoms. The third kappa shape index (κ3) is 3.39. The maximum absolute atomic E-state index is 12.7. The molecule has 0 unspecified atom stereocenters. The fraction of sp³-hybridized carbons (Fsp3) is 0.0476. The fourth-order valence-corrected chi connectivity index (χ4v) is 3.07. The molecule has 1 aliphatic rings. The summed E-state index contributed by atoms with van der Waals surface area (Å²) < 4.78 is 11.0. The molecule has 3 aromatic rings. The van der Waals surface area contributed by atoms with Crippen molar-refractivity contribution in [3.63, 3.8) is 0 Å². The van der Waals surface area contributed by atoms with Crippen LogP contribution in [0.3, 0.4) is 0 Å². The Labute approximate surface area is 170 Å². The number of carbonyl (C=O) groups is 2. The first-order valence-corrected chi connectivity index (χ1v) is 8.83. The van der Waals surface area contributed by atoms with Crippen LogP contribution in [0, 0.1) is 10.1 Å². The number of hydrogen-bond donors (Lipinski definition) is 1. The minimum Gasteiger partial charge on any atom is -0.496 e. The second-order valence-corrected chi connectivity index (χ2v) is 6.31. The van der Waals surface area contributed by atoms with Crippen LogP contribution in [-0.4, -0.2) is 24.0 Å². The number of non-ortho nitro benzene ring substituents is 1. The van der Waals surface area contributed by atoms with E-state index in [1.165, 1.54) is 31.4 Å². The zero-order valence-electron chi connectivity index (χ0n) is 15.7. The number of hydrogen-bond acceptors (Lipinski definition) is 6. The maximum Gasteiger partial charge on any atom is 0.333 e. The predicted molar refractivity (Wildman–Crippen MR) is 108 cm³/mol. The van der Waals surface area contributed by atoms with Crippen molar-refractivity contribution in [2.24, 2.45) is 0 Å². The zero-order chi connectivity index (χ0) is 21.3. The summed E-state index contributed by atoms with van der Waals surface area (Å²) in [5.74, 6) is 0.489. The van der Waals surface area contributed by atoms with Gasteiger partial charge in [-0.1, -0.05) is 18.2 Å². The minimum atomic E-state index is -0.565. The first kappa shape index (κ1) is 18.9. The second-order valence-electron chi connectivity index (χ2n) is 6.31. The van der Waals surface area contributed by atoms with E-state index >= 15 is 0 Å². The van der Waals surface area contributed by atoms with E-state index in [1.807, 2.05) is 0 Å². The molecule has 150 valence electrons. The number of ether oxygens (including phenoxy) is 1.